The van der Waals surface area contributed by atoms with E-state index in [1.807, 2.05) is 48.5 Å². The average Bonchev–Trinajstić information content (AvgIpc) is 2.86. The molecule has 0 aliphatic heterocycles. The zero-order valence-corrected chi connectivity index (χ0v) is 13.1. The fourth-order valence-electron chi connectivity index (χ4n) is 2.30. The number of carbonyl (C=O) groups excluding carboxylic acids is 1. The van der Waals surface area contributed by atoms with Gasteiger partial charge in [0.05, 0.1) is 5.52 Å². The Morgan fingerprint density at radius 2 is 2.00 bits per heavy atom. The molecule has 0 radical (unpaired) electrons. The summed E-state index contributed by atoms with van der Waals surface area (Å²) in [4.78, 5) is 11.7. The summed E-state index contributed by atoms with van der Waals surface area (Å²) in [6.45, 7) is 0.210. The molecule has 0 saturated carbocycles. The average molecular weight is 344 g/mol. The Labute approximate surface area is 130 Å². The van der Waals surface area contributed by atoms with Crippen molar-refractivity contribution in [1.29, 1.82) is 0 Å². The van der Waals surface area contributed by atoms with E-state index in [1.165, 1.54) is 0 Å². The Hall–Kier alpha value is -2.14. The molecule has 21 heavy (non-hydrogen) atoms. The van der Waals surface area contributed by atoms with Gasteiger partial charge in [0.2, 0.25) is 5.91 Å². The van der Waals surface area contributed by atoms with Gasteiger partial charge in [0.1, 0.15) is 12.2 Å². The minimum absolute atomic E-state index is 0.0677. The van der Waals surface area contributed by atoms with Gasteiger partial charge < -0.3 is 5.32 Å². The Balaban J connectivity index is 2.20. The highest BCUT2D eigenvalue weighted by molar-refractivity contribution is 9.10. The Bertz CT molecular complexity index is 796. The van der Waals surface area contributed by atoms with E-state index in [1.54, 1.807) is 11.7 Å². The molecule has 106 valence electrons. The maximum atomic E-state index is 11.7. The van der Waals surface area contributed by atoms with Gasteiger partial charge in [-0.2, -0.15) is 5.10 Å². The van der Waals surface area contributed by atoms with E-state index in [4.69, 9.17) is 0 Å². The van der Waals surface area contributed by atoms with E-state index in [9.17, 15) is 4.79 Å². The van der Waals surface area contributed by atoms with Crippen LogP contribution in [0.4, 0.5) is 0 Å². The van der Waals surface area contributed by atoms with Gasteiger partial charge in [-0.1, -0.05) is 46.3 Å². The molecule has 0 aliphatic rings. The summed E-state index contributed by atoms with van der Waals surface area (Å²) in [5.74, 6) is -0.0677. The number of likely N-dealkylation sites (N-methyl/N-ethyl adjacent to an activating group) is 1. The molecule has 3 rings (SSSR count). The number of halogens is 1. The SMILES string of the molecule is CNC(=O)Cn1nc(-c2ccccc2)c2cc(Br)ccc21. The standard InChI is InChI=1S/C16H14BrN3O/c1-18-15(21)10-20-14-8-7-12(17)9-13(14)16(19-20)11-5-3-2-4-6-11/h2-9H,10H2,1H3,(H,18,21). The number of hydrogen-bond acceptors (Lipinski definition) is 2. The third-order valence-electron chi connectivity index (χ3n) is 3.33. The highest BCUT2D eigenvalue weighted by atomic mass is 79.9. The maximum Gasteiger partial charge on any atom is 0.241 e. The molecule has 0 unspecified atom stereocenters. The van der Waals surface area contributed by atoms with Crippen molar-refractivity contribution in [2.45, 2.75) is 6.54 Å². The van der Waals surface area contributed by atoms with Gasteiger partial charge in [0.15, 0.2) is 0 Å². The molecule has 0 bridgehead atoms. The summed E-state index contributed by atoms with van der Waals surface area (Å²) in [6, 6.07) is 15.9. The number of hydrogen-bond donors (Lipinski definition) is 1. The van der Waals surface area contributed by atoms with Crippen LogP contribution in [0.2, 0.25) is 0 Å². The van der Waals surface area contributed by atoms with Crippen molar-refractivity contribution in [2.24, 2.45) is 0 Å². The quantitative estimate of drug-likeness (QED) is 0.793. The fourth-order valence-corrected chi connectivity index (χ4v) is 2.66. The molecule has 1 heterocycles. The lowest BCUT2D eigenvalue weighted by Crippen LogP contribution is -2.23. The molecule has 0 aliphatic carbocycles. The summed E-state index contributed by atoms with van der Waals surface area (Å²) in [6.07, 6.45) is 0. The van der Waals surface area contributed by atoms with Crippen LogP contribution >= 0.6 is 15.9 Å². The monoisotopic (exact) mass is 343 g/mol. The molecule has 1 N–H and O–H groups in total. The normalized spacial score (nSPS) is 10.8. The van der Waals surface area contributed by atoms with Crippen LogP contribution in [0.15, 0.2) is 53.0 Å². The Kier molecular flexibility index (Phi) is 3.75. The topological polar surface area (TPSA) is 46.9 Å². The van der Waals surface area contributed by atoms with Crippen molar-refractivity contribution in [3.05, 3.63) is 53.0 Å². The predicted octanol–water partition coefficient (Wildman–Crippen LogP) is 3.21. The van der Waals surface area contributed by atoms with E-state index in [0.717, 1.165) is 26.6 Å². The number of benzene rings is 2. The molecule has 0 spiro atoms. The Morgan fingerprint density at radius 3 is 2.71 bits per heavy atom. The lowest BCUT2D eigenvalue weighted by atomic mass is 10.1. The number of fused-ring (bicyclic) bond motifs is 1. The van der Waals surface area contributed by atoms with E-state index >= 15 is 0 Å². The van der Waals surface area contributed by atoms with Crippen LogP contribution in [0, 0.1) is 0 Å². The van der Waals surface area contributed by atoms with E-state index in [-0.39, 0.29) is 12.5 Å². The highest BCUT2D eigenvalue weighted by Gasteiger charge is 2.14. The van der Waals surface area contributed by atoms with Gasteiger partial charge in [-0.3, -0.25) is 9.48 Å². The van der Waals surface area contributed by atoms with Gasteiger partial charge in [-0.25, -0.2) is 0 Å². The largest absolute Gasteiger partial charge is 0.358 e. The first-order valence-corrected chi connectivity index (χ1v) is 7.40. The molecular formula is C16H14BrN3O. The van der Waals surface area contributed by atoms with Crippen molar-refractivity contribution in [3.8, 4) is 11.3 Å². The summed E-state index contributed by atoms with van der Waals surface area (Å²) < 4.78 is 2.73. The second-order valence-electron chi connectivity index (χ2n) is 4.71. The first kappa shape index (κ1) is 13.8. The van der Waals surface area contributed by atoms with Crippen LogP contribution in [0.1, 0.15) is 0 Å². The van der Waals surface area contributed by atoms with E-state index in [2.05, 4.69) is 26.3 Å². The highest BCUT2D eigenvalue weighted by Crippen LogP contribution is 2.30. The number of amides is 1. The van der Waals surface area contributed by atoms with Crippen LogP contribution in [0.25, 0.3) is 22.2 Å². The van der Waals surface area contributed by atoms with E-state index < -0.39 is 0 Å². The molecule has 0 fully saturated rings. The van der Waals surface area contributed by atoms with Crippen LogP contribution in [-0.4, -0.2) is 22.7 Å². The van der Waals surface area contributed by atoms with Crippen molar-refractivity contribution in [2.75, 3.05) is 7.05 Å². The summed E-state index contributed by atoms with van der Waals surface area (Å²) in [5, 5.41) is 8.28. The summed E-state index contributed by atoms with van der Waals surface area (Å²) in [5.41, 5.74) is 2.87. The molecule has 0 saturated heterocycles. The second kappa shape index (κ2) is 5.69. The summed E-state index contributed by atoms with van der Waals surface area (Å²) in [7, 11) is 1.63. The van der Waals surface area contributed by atoms with Crippen LogP contribution in [-0.2, 0) is 11.3 Å². The van der Waals surface area contributed by atoms with Crippen LogP contribution < -0.4 is 5.32 Å². The summed E-state index contributed by atoms with van der Waals surface area (Å²) >= 11 is 3.50. The van der Waals surface area contributed by atoms with Gasteiger partial charge in [0, 0.05) is 22.5 Å². The van der Waals surface area contributed by atoms with Gasteiger partial charge in [-0.15, -0.1) is 0 Å². The molecule has 4 nitrogen and oxygen atoms in total. The lowest BCUT2D eigenvalue weighted by Gasteiger charge is -2.01. The van der Waals surface area contributed by atoms with Gasteiger partial charge in [0.25, 0.3) is 0 Å². The first-order valence-electron chi connectivity index (χ1n) is 6.61. The first-order chi connectivity index (χ1) is 10.2. The maximum absolute atomic E-state index is 11.7. The molecule has 0 atom stereocenters. The number of carbonyl (C=O) groups is 1. The smallest absolute Gasteiger partial charge is 0.241 e. The lowest BCUT2D eigenvalue weighted by molar-refractivity contribution is -0.121. The van der Waals surface area contributed by atoms with Gasteiger partial charge >= 0.3 is 0 Å². The predicted molar refractivity (Wildman–Crippen MR) is 86.9 cm³/mol. The zero-order chi connectivity index (χ0) is 14.8. The van der Waals surface area contributed by atoms with Crippen LogP contribution in [0.5, 0.6) is 0 Å². The van der Waals surface area contributed by atoms with E-state index in [0.29, 0.717) is 0 Å². The van der Waals surface area contributed by atoms with Crippen LogP contribution in [0.3, 0.4) is 0 Å². The third kappa shape index (κ3) is 2.69. The minimum Gasteiger partial charge on any atom is -0.358 e. The molecule has 3 aromatic rings. The van der Waals surface area contributed by atoms with Crippen molar-refractivity contribution >= 4 is 32.7 Å². The van der Waals surface area contributed by atoms with Crippen molar-refractivity contribution in [3.63, 3.8) is 0 Å². The third-order valence-corrected chi connectivity index (χ3v) is 3.83. The van der Waals surface area contributed by atoms with Gasteiger partial charge in [-0.05, 0) is 18.2 Å². The molecule has 1 aromatic heterocycles. The number of aromatic nitrogens is 2. The minimum atomic E-state index is -0.0677. The Morgan fingerprint density at radius 1 is 1.24 bits per heavy atom. The molecule has 2 aromatic carbocycles. The molecular weight excluding hydrogens is 330 g/mol. The van der Waals surface area contributed by atoms with Crippen molar-refractivity contribution in [1.82, 2.24) is 15.1 Å². The molecule has 1 amide bonds. The number of nitrogens with one attached hydrogen (secondary N) is 1. The van der Waals surface area contributed by atoms with Crippen molar-refractivity contribution < 1.29 is 4.79 Å². The number of nitrogens with zero attached hydrogens (tertiary/aromatic N) is 2. The molecule has 5 heteroatoms. The second-order valence-corrected chi connectivity index (χ2v) is 5.62. The number of rotatable bonds is 3. The zero-order valence-electron chi connectivity index (χ0n) is 11.5. The fraction of sp³-hybridized carbons (Fsp3) is 0.125.